The lowest BCUT2D eigenvalue weighted by Gasteiger charge is -2.23. The fourth-order valence-corrected chi connectivity index (χ4v) is 0.378. The van der Waals surface area contributed by atoms with E-state index in [2.05, 4.69) is 0 Å². The predicted molar refractivity (Wildman–Crippen MR) is 51.5 cm³/mol. The first-order chi connectivity index (χ1) is 7.42. The quantitative estimate of drug-likeness (QED) is 0.251. The second-order valence-electron chi connectivity index (χ2n) is 3.17. The van der Waals surface area contributed by atoms with Gasteiger partial charge in [0.15, 0.2) is 6.10 Å². The van der Waals surface area contributed by atoms with E-state index in [1.54, 1.807) is 0 Å². The van der Waals surface area contributed by atoms with Gasteiger partial charge in [-0.05, 0) is 0 Å². The Kier molecular flexibility index (Phi) is 10.4. The lowest BCUT2D eigenvalue weighted by Crippen LogP contribution is -2.37. The number of carbonyl (C=O) groups is 1. The Labute approximate surface area is 92.0 Å². The number of hydrogen-bond donors (Lipinski definition) is 7. The normalized spacial score (nSPS) is 12.6. The van der Waals surface area contributed by atoms with E-state index < -0.39 is 50.5 Å². The minimum Gasteiger partial charge on any atom is -0.479 e. The third kappa shape index (κ3) is 6.67. The maximum Gasteiger partial charge on any atom is 0.334 e. The molecule has 0 aromatic carbocycles. The Morgan fingerprint density at radius 2 is 1.25 bits per heavy atom. The standard InChI is InChI=1S/C5H12O4.C3H6O4/c6-1-5(2-7,3-8)4-9;4-1-2(5)3(6)7/h6-9H,1-4H2;2,4-5H,1H2,(H,6,7). The molecular formula is C8H18O8. The van der Waals surface area contributed by atoms with Crippen molar-refractivity contribution in [2.45, 2.75) is 6.10 Å². The van der Waals surface area contributed by atoms with Gasteiger partial charge in [-0.2, -0.15) is 0 Å². The average molecular weight is 242 g/mol. The van der Waals surface area contributed by atoms with Gasteiger partial charge in [-0.25, -0.2) is 4.79 Å². The lowest BCUT2D eigenvalue weighted by molar-refractivity contribution is -0.148. The van der Waals surface area contributed by atoms with Crippen LogP contribution >= 0.6 is 0 Å². The van der Waals surface area contributed by atoms with E-state index >= 15 is 0 Å². The van der Waals surface area contributed by atoms with Gasteiger partial charge in [-0.1, -0.05) is 0 Å². The van der Waals surface area contributed by atoms with Gasteiger partial charge in [0.2, 0.25) is 0 Å². The van der Waals surface area contributed by atoms with Crippen molar-refractivity contribution in [3.05, 3.63) is 0 Å². The molecule has 98 valence electrons. The van der Waals surface area contributed by atoms with Gasteiger partial charge in [0.05, 0.1) is 38.4 Å². The van der Waals surface area contributed by atoms with E-state index in [1.165, 1.54) is 0 Å². The summed E-state index contributed by atoms with van der Waals surface area (Å²) in [4.78, 5) is 9.52. The van der Waals surface area contributed by atoms with Crippen molar-refractivity contribution in [1.82, 2.24) is 0 Å². The second kappa shape index (κ2) is 9.46. The summed E-state index contributed by atoms with van der Waals surface area (Å²) in [5.41, 5.74) is -1.11. The third-order valence-electron chi connectivity index (χ3n) is 1.80. The number of carboxylic acids is 1. The molecule has 0 fully saturated rings. The highest BCUT2D eigenvalue weighted by molar-refractivity contribution is 5.71. The molecule has 0 aromatic rings. The highest BCUT2D eigenvalue weighted by Gasteiger charge is 2.26. The zero-order valence-electron chi connectivity index (χ0n) is 8.65. The maximum absolute atomic E-state index is 9.52. The van der Waals surface area contributed by atoms with Gasteiger partial charge < -0.3 is 35.7 Å². The molecule has 0 aliphatic heterocycles. The van der Waals surface area contributed by atoms with Gasteiger partial charge in [0, 0.05) is 0 Å². The molecule has 0 radical (unpaired) electrons. The molecule has 0 saturated carbocycles. The van der Waals surface area contributed by atoms with Gasteiger partial charge in [-0.3, -0.25) is 0 Å². The summed E-state index contributed by atoms with van der Waals surface area (Å²) in [5, 5.41) is 57.7. The molecule has 0 bridgehead atoms. The van der Waals surface area contributed by atoms with Crippen LogP contribution in [0.2, 0.25) is 0 Å². The molecular weight excluding hydrogens is 224 g/mol. The molecule has 0 aliphatic rings. The molecule has 1 unspecified atom stereocenters. The first kappa shape index (κ1) is 17.6. The monoisotopic (exact) mass is 242 g/mol. The minimum absolute atomic E-state index is 0.406. The number of hydrogen-bond acceptors (Lipinski definition) is 7. The van der Waals surface area contributed by atoms with Gasteiger partial charge in [0.25, 0.3) is 0 Å². The van der Waals surface area contributed by atoms with Crippen LogP contribution in [0.3, 0.4) is 0 Å². The molecule has 8 nitrogen and oxygen atoms in total. The van der Waals surface area contributed by atoms with Crippen LogP contribution in [0.5, 0.6) is 0 Å². The van der Waals surface area contributed by atoms with Crippen LogP contribution in [0.15, 0.2) is 0 Å². The van der Waals surface area contributed by atoms with E-state index in [-0.39, 0.29) is 0 Å². The minimum atomic E-state index is -1.63. The Bertz CT molecular complexity index is 161. The molecule has 0 spiro atoms. The van der Waals surface area contributed by atoms with Crippen LogP contribution in [0.1, 0.15) is 0 Å². The van der Waals surface area contributed by atoms with Crippen LogP contribution in [0.4, 0.5) is 0 Å². The predicted octanol–water partition coefficient (Wildman–Crippen LogP) is -3.63. The highest BCUT2D eigenvalue weighted by Crippen LogP contribution is 2.11. The summed E-state index contributed by atoms with van der Waals surface area (Å²) in [6, 6.07) is 0. The van der Waals surface area contributed by atoms with Crippen LogP contribution in [0, 0.1) is 5.41 Å². The first-order valence-electron chi connectivity index (χ1n) is 4.38. The topological polar surface area (TPSA) is 159 Å². The van der Waals surface area contributed by atoms with E-state index in [1.807, 2.05) is 0 Å². The Hall–Kier alpha value is -0.770. The molecule has 8 heteroatoms. The van der Waals surface area contributed by atoms with Crippen molar-refractivity contribution in [1.29, 1.82) is 0 Å². The summed E-state index contributed by atoms with van der Waals surface area (Å²) in [7, 11) is 0. The summed E-state index contributed by atoms with van der Waals surface area (Å²) in [6.45, 7) is -2.35. The number of aliphatic carboxylic acids is 1. The van der Waals surface area contributed by atoms with E-state index in [0.717, 1.165) is 0 Å². The molecule has 7 N–H and O–H groups in total. The highest BCUT2D eigenvalue weighted by atomic mass is 16.4. The van der Waals surface area contributed by atoms with Crippen molar-refractivity contribution >= 4 is 5.97 Å². The molecule has 0 saturated heterocycles. The lowest BCUT2D eigenvalue weighted by atomic mass is 9.93. The SMILES string of the molecule is O=C(O)C(O)CO.OCC(CO)(CO)CO. The van der Waals surface area contributed by atoms with Crippen LogP contribution < -0.4 is 0 Å². The van der Waals surface area contributed by atoms with Gasteiger partial charge in [0.1, 0.15) is 0 Å². The van der Waals surface area contributed by atoms with E-state index in [0.29, 0.717) is 0 Å². The fraction of sp³-hybridized carbons (Fsp3) is 0.875. The Balaban J connectivity index is 0. The maximum atomic E-state index is 9.52. The smallest absolute Gasteiger partial charge is 0.334 e. The summed E-state index contributed by atoms with van der Waals surface area (Å²) < 4.78 is 0. The Morgan fingerprint density at radius 3 is 1.25 bits per heavy atom. The third-order valence-corrected chi connectivity index (χ3v) is 1.80. The van der Waals surface area contributed by atoms with Crippen molar-refractivity contribution in [2.75, 3.05) is 33.0 Å². The molecule has 16 heavy (non-hydrogen) atoms. The summed E-state index contributed by atoms with van der Waals surface area (Å²) in [5.74, 6) is -1.40. The van der Waals surface area contributed by atoms with Gasteiger partial charge >= 0.3 is 5.97 Å². The summed E-state index contributed by atoms with van der Waals surface area (Å²) >= 11 is 0. The number of rotatable bonds is 6. The first-order valence-corrected chi connectivity index (χ1v) is 4.38. The zero-order valence-corrected chi connectivity index (χ0v) is 8.65. The average Bonchev–Trinajstić information content (AvgIpc) is 2.32. The number of aliphatic hydroxyl groups excluding tert-OH is 6. The zero-order chi connectivity index (χ0) is 13.2. The van der Waals surface area contributed by atoms with Crippen molar-refractivity contribution in [3.63, 3.8) is 0 Å². The molecule has 0 aromatic heterocycles. The van der Waals surface area contributed by atoms with Crippen LogP contribution in [-0.4, -0.2) is 80.9 Å². The largest absolute Gasteiger partial charge is 0.479 e. The number of carboxylic acid groups (broad SMARTS) is 1. The van der Waals surface area contributed by atoms with Crippen molar-refractivity contribution < 1.29 is 40.5 Å². The molecule has 1 atom stereocenters. The van der Waals surface area contributed by atoms with Crippen molar-refractivity contribution in [3.8, 4) is 0 Å². The molecule has 0 heterocycles. The molecule has 0 aliphatic carbocycles. The van der Waals surface area contributed by atoms with E-state index in [9.17, 15) is 4.79 Å². The van der Waals surface area contributed by atoms with Gasteiger partial charge in [-0.15, -0.1) is 0 Å². The van der Waals surface area contributed by atoms with Crippen LogP contribution in [0.25, 0.3) is 0 Å². The number of aliphatic hydroxyl groups is 6. The molecule has 0 amide bonds. The van der Waals surface area contributed by atoms with E-state index in [4.69, 9.17) is 35.7 Å². The Morgan fingerprint density at radius 1 is 0.938 bits per heavy atom. The fourth-order valence-electron chi connectivity index (χ4n) is 0.378. The second-order valence-corrected chi connectivity index (χ2v) is 3.17. The van der Waals surface area contributed by atoms with Crippen LogP contribution in [-0.2, 0) is 4.79 Å². The van der Waals surface area contributed by atoms with Crippen molar-refractivity contribution in [2.24, 2.45) is 5.41 Å². The molecule has 0 rings (SSSR count). The summed E-state index contributed by atoms with van der Waals surface area (Å²) in [6.07, 6.45) is -1.63.